The summed E-state index contributed by atoms with van der Waals surface area (Å²) in [5.74, 6) is 0.584. The average molecular weight is 252 g/mol. The maximum absolute atomic E-state index is 5.77. The zero-order valence-electron chi connectivity index (χ0n) is 9.99. The molecule has 1 atom stereocenters. The van der Waals surface area contributed by atoms with E-state index >= 15 is 0 Å². The van der Waals surface area contributed by atoms with E-state index in [2.05, 4.69) is 4.90 Å². The number of ether oxygens (including phenoxy) is 3. The predicted octanol–water partition coefficient (Wildman–Crippen LogP) is 0.979. The van der Waals surface area contributed by atoms with Crippen LogP contribution in [0, 0.1) is 0 Å². The monoisotopic (exact) mass is 251 g/mol. The standard InChI is InChI=1S/C11H22ClNO3/c1-14-7-8-15-5-2-3-13-4-6-16-11(9-12)10-13/h11H,2-10H2,1H3. The highest BCUT2D eigenvalue weighted by atomic mass is 35.5. The van der Waals surface area contributed by atoms with Crippen LogP contribution in [0.5, 0.6) is 0 Å². The molecule has 0 amide bonds. The van der Waals surface area contributed by atoms with Gasteiger partial charge in [0.15, 0.2) is 0 Å². The summed E-state index contributed by atoms with van der Waals surface area (Å²) in [5, 5.41) is 0. The van der Waals surface area contributed by atoms with Gasteiger partial charge in [-0.25, -0.2) is 0 Å². The molecule has 1 saturated heterocycles. The first-order valence-electron chi connectivity index (χ1n) is 5.83. The molecule has 0 aliphatic carbocycles. The summed E-state index contributed by atoms with van der Waals surface area (Å²) in [6.45, 7) is 5.96. The van der Waals surface area contributed by atoms with E-state index in [4.69, 9.17) is 25.8 Å². The fourth-order valence-electron chi connectivity index (χ4n) is 1.71. The molecule has 96 valence electrons. The van der Waals surface area contributed by atoms with E-state index in [1.165, 1.54) is 0 Å². The number of alkyl halides is 1. The Morgan fingerprint density at radius 1 is 1.38 bits per heavy atom. The van der Waals surface area contributed by atoms with E-state index < -0.39 is 0 Å². The van der Waals surface area contributed by atoms with Crippen molar-refractivity contribution in [1.29, 1.82) is 0 Å². The summed E-state index contributed by atoms with van der Waals surface area (Å²) in [6, 6.07) is 0. The Morgan fingerprint density at radius 3 is 3.00 bits per heavy atom. The first-order valence-corrected chi connectivity index (χ1v) is 6.37. The van der Waals surface area contributed by atoms with Crippen LogP contribution in [0.15, 0.2) is 0 Å². The van der Waals surface area contributed by atoms with Gasteiger partial charge in [0.1, 0.15) is 0 Å². The van der Waals surface area contributed by atoms with Crippen LogP contribution in [0.3, 0.4) is 0 Å². The van der Waals surface area contributed by atoms with E-state index in [0.29, 0.717) is 19.1 Å². The van der Waals surface area contributed by atoms with Crippen LogP contribution in [0.1, 0.15) is 6.42 Å². The number of nitrogens with zero attached hydrogens (tertiary/aromatic N) is 1. The van der Waals surface area contributed by atoms with E-state index in [1.54, 1.807) is 7.11 Å². The molecule has 0 spiro atoms. The number of hydrogen-bond acceptors (Lipinski definition) is 4. The molecule has 1 heterocycles. The van der Waals surface area contributed by atoms with Crippen molar-refractivity contribution in [2.24, 2.45) is 0 Å². The number of hydrogen-bond donors (Lipinski definition) is 0. The second-order valence-corrected chi connectivity index (χ2v) is 4.22. The third-order valence-corrected chi connectivity index (χ3v) is 2.93. The van der Waals surface area contributed by atoms with Crippen molar-refractivity contribution in [3.8, 4) is 0 Å². The molecule has 1 rings (SSSR count). The van der Waals surface area contributed by atoms with Gasteiger partial charge in [0.25, 0.3) is 0 Å². The SMILES string of the molecule is COCCOCCCN1CCOC(CCl)C1. The lowest BCUT2D eigenvalue weighted by molar-refractivity contribution is -0.0197. The van der Waals surface area contributed by atoms with Crippen LogP contribution < -0.4 is 0 Å². The van der Waals surface area contributed by atoms with Gasteiger partial charge in [0.05, 0.1) is 25.9 Å². The fraction of sp³-hybridized carbons (Fsp3) is 1.00. The van der Waals surface area contributed by atoms with Crippen LogP contribution >= 0.6 is 11.6 Å². The summed E-state index contributed by atoms with van der Waals surface area (Å²) < 4.78 is 15.8. The Kier molecular flexibility index (Phi) is 8.15. The lowest BCUT2D eigenvalue weighted by Crippen LogP contribution is -2.43. The van der Waals surface area contributed by atoms with Crippen LogP contribution in [-0.4, -0.2) is 70.1 Å². The van der Waals surface area contributed by atoms with Crippen molar-refractivity contribution < 1.29 is 14.2 Å². The van der Waals surface area contributed by atoms with Crippen molar-refractivity contribution in [3.05, 3.63) is 0 Å². The third kappa shape index (κ3) is 6.01. The minimum atomic E-state index is 0.199. The van der Waals surface area contributed by atoms with Crippen molar-refractivity contribution in [2.45, 2.75) is 12.5 Å². The van der Waals surface area contributed by atoms with Gasteiger partial charge in [-0.05, 0) is 6.42 Å². The summed E-state index contributed by atoms with van der Waals surface area (Å²) in [4.78, 5) is 2.39. The van der Waals surface area contributed by atoms with E-state index in [-0.39, 0.29) is 6.10 Å². The van der Waals surface area contributed by atoms with Crippen molar-refractivity contribution >= 4 is 11.6 Å². The van der Waals surface area contributed by atoms with E-state index in [0.717, 1.165) is 39.3 Å². The largest absolute Gasteiger partial charge is 0.382 e. The topological polar surface area (TPSA) is 30.9 Å². The number of halogens is 1. The van der Waals surface area contributed by atoms with Crippen LogP contribution in [0.2, 0.25) is 0 Å². The second-order valence-electron chi connectivity index (χ2n) is 3.91. The Labute approximate surface area is 103 Å². The Hall–Kier alpha value is 0.130. The zero-order valence-corrected chi connectivity index (χ0v) is 10.7. The summed E-state index contributed by atoms with van der Waals surface area (Å²) in [6.07, 6.45) is 1.25. The highest BCUT2D eigenvalue weighted by Gasteiger charge is 2.18. The summed E-state index contributed by atoms with van der Waals surface area (Å²) in [7, 11) is 1.68. The molecule has 0 N–H and O–H groups in total. The Bertz CT molecular complexity index is 171. The molecule has 1 aliphatic heterocycles. The molecule has 1 unspecified atom stereocenters. The van der Waals surface area contributed by atoms with Crippen molar-refractivity contribution in [2.75, 3.05) is 59.1 Å². The molecular weight excluding hydrogens is 230 g/mol. The van der Waals surface area contributed by atoms with Gasteiger partial charge >= 0.3 is 0 Å². The molecule has 0 aromatic carbocycles. The van der Waals surface area contributed by atoms with Gasteiger partial charge in [-0.3, -0.25) is 4.90 Å². The van der Waals surface area contributed by atoms with Gasteiger partial charge < -0.3 is 14.2 Å². The van der Waals surface area contributed by atoms with Crippen molar-refractivity contribution in [1.82, 2.24) is 4.90 Å². The molecule has 0 radical (unpaired) electrons. The normalized spacial score (nSPS) is 22.5. The fourth-order valence-corrected chi connectivity index (χ4v) is 1.90. The lowest BCUT2D eigenvalue weighted by atomic mass is 10.3. The van der Waals surface area contributed by atoms with Gasteiger partial charge in [0.2, 0.25) is 0 Å². The smallest absolute Gasteiger partial charge is 0.0837 e. The predicted molar refractivity (Wildman–Crippen MR) is 64.2 cm³/mol. The molecule has 4 nitrogen and oxygen atoms in total. The van der Waals surface area contributed by atoms with Crippen molar-refractivity contribution in [3.63, 3.8) is 0 Å². The van der Waals surface area contributed by atoms with Gasteiger partial charge in [0, 0.05) is 39.2 Å². The molecule has 0 bridgehead atoms. The highest BCUT2D eigenvalue weighted by Crippen LogP contribution is 2.06. The van der Waals surface area contributed by atoms with Gasteiger partial charge in [-0.2, -0.15) is 0 Å². The summed E-state index contributed by atoms with van der Waals surface area (Å²) >= 11 is 5.77. The first-order chi connectivity index (χ1) is 7.86. The van der Waals surface area contributed by atoms with E-state index in [1.807, 2.05) is 0 Å². The lowest BCUT2D eigenvalue weighted by Gasteiger charge is -2.31. The minimum Gasteiger partial charge on any atom is -0.382 e. The Morgan fingerprint density at radius 2 is 2.25 bits per heavy atom. The van der Waals surface area contributed by atoms with Crippen LogP contribution in [-0.2, 0) is 14.2 Å². The summed E-state index contributed by atoms with van der Waals surface area (Å²) in [5.41, 5.74) is 0. The quantitative estimate of drug-likeness (QED) is 0.475. The van der Waals surface area contributed by atoms with Crippen LogP contribution in [0.4, 0.5) is 0 Å². The molecule has 1 fully saturated rings. The number of rotatable bonds is 8. The number of methoxy groups -OCH3 is 1. The van der Waals surface area contributed by atoms with Crippen LogP contribution in [0.25, 0.3) is 0 Å². The Balaban J connectivity index is 1.95. The number of morpholine rings is 1. The second kappa shape index (κ2) is 9.19. The third-order valence-electron chi connectivity index (χ3n) is 2.59. The maximum Gasteiger partial charge on any atom is 0.0837 e. The molecular formula is C11H22ClNO3. The van der Waals surface area contributed by atoms with Gasteiger partial charge in [-0.1, -0.05) is 0 Å². The molecule has 1 aliphatic rings. The molecule has 0 aromatic rings. The zero-order chi connectivity index (χ0) is 11.6. The minimum absolute atomic E-state index is 0.199. The highest BCUT2D eigenvalue weighted by molar-refractivity contribution is 6.18. The van der Waals surface area contributed by atoms with E-state index in [9.17, 15) is 0 Å². The molecule has 0 saturated carbocycles. The molecule has 0 aromatic heterocycles. The first kappa shape index (κ1) is 14.2. The molecule has 5 heteroatoms. The maximum atomic E-state index is 5.77. The molecule has 16 heavy (non-hydrogen) atoms. The van der Waals surface area contributed by atoms with Gasteiger partial charge in [-0.15, -0.1) is 11.6 Å². The average Bonchev–Trinajstić information content (AvgIpc) is 2.34.